The molecule has 0 aliphatic carbocycles. The predicted octanol–water partition coefficient (Wildman–Crippen LogP) is 4.99. The molecule has 0 fully saturated rings. The maximum Gasteiger partial charge on any atom is 0.271 e. The summed E-state index contributed by atoms with van der Waals surface area (Å²) in [4.78, 5) is 18.3. The molecule has 0 saturated carbocycles. The van der Waals surface area contributed by atoms with Crippen molar-refractivity contribution in [2.45, 2.75) is 31.1 Å². The number of nitrogens with zero attached hydrogens (tertiary/aromatic N) is 1. The van der Waals surface area contributed by atoms with Gasteiger partial charge in [0.1, 0.15) is 5.75 Å². The minimum absolute atomic E-state index is 0.0314. The first kappa shape index (κ1) is 26.8. The Morgan fingerprint density at radius 2 is 1.67 bits per heavy atom. The molecule has 3 N–H and O–H groups in total. The van der Waals surface area contributed by atoms with Crippen LogP contribution in [0, 0.1) is 0 Å². The summed E-state index contributed by atoms with van der Waals surface area (Å²) in [5, 5.41) is 24.1. The summed E-state index contributed by atoms with van der Waals surface area (Å²) in [5.41, 5.74) is 2.21. The van der Waals surface area contributed by atoms with Crippen LogP contribution in [0.5, 0.6) is 5.75 Å². The van der Waals surface area contributed by atoms with Crippen molar-refractivity contribution in [1.29, 1.82) is 0 Å². The van der Waals surface area contributed by atoms with Crippen LogP contribution in [0.3, 0.4) is 0 Å². The molecule has 1 amide bonds. The van der Waals surface area contributed by atoms with Gasteiger partial charge in [-0.3, -0.25) is 10.1 Å². The second-order valence-corrected chi connectivity index (χ2v) is 12.2. The zero-order valence-electron chi connectivity index (χ0n) is 21.0. The summed E-state index contributed by atoms with van der Waals surface area (Å²) >= 11 is 1.23. The van der Waals surface area contributed by atoms with E-state index in [9.17, 15) is 23.4 Å². The van der Waals surface area contributed by atoms with Gasteiger partial charge in [-0.1, -0.05) is 66.8 Å². The third-order valence-corrected chi connectivity index (χ3v) is 9.12. The summed E-state index contributed by atoms with van der Waals surface area (Å²) in [6, 6.07) is 22.8. The molecule has 0 radical (unpaired) electrons. The van der Waals surface area contributed by atoms with Crippen LogP contribution in [-0.2, 0) is 27.8 Å². The average Bonchev–Trinajstić information content (AvgIpc) is 3.36. The zero-order chi connectivity index (χ0) is 27.6. The highest BCUT2D eigenvalue weighted by atomic mass is 32.2. The first-order chi connectivity index (χ1) is 18.8. The summed E-state index contributed by atoms with van der Waals surface area (Å²) in [6.45, 7) is 1.11. The number of hydrogen-bond acceptors (Lipinski definition) is 8. The molecule has 1 aromatic heterocycles. The number of fused-ring (bicyclic) bond motifs is 2. The second kappa shape index (κ2) is 11.1. The number of sulfone groups is 1. The highest BCUT2D eigenvalue weighted by Crippen LogP contribution is 2.33. The maximum absolute atomic E-state index is 13.6. The number of carbonyl (C=O) groups excluding carboxylic acids is 1. The Labute approximate surface area is 229 Å². The van der Waals surface area contributed by atoms with E-state index in [2.05, 4.69) is 10.3 Å². The van der Waals surface area contributed by atoms with E-state index < -0.39 is 21.8 Å². The van der Waals surface area contributed by atoms with Crippen LogP contribution in [0.2, 0.25) is 0 Å². The van der Waals surface area contributed by atoms with Gasteiger partial charge in [0.05, 0.1) is 34.1 Å². The topological polar surface area (TPSA) is 126 Å². The molecule has 5 aromatic rings. The minimum atomic E-state index is -3.41. The van der Waals surface area contributed by atoms with Crippen molar-refractivity contribution in [3.63, 3.8) is 0 Å². The van der Waals surface area contributed by atoms with Gasteiger partial charge in [-0.2, -0.15) is 0 Å². The maximum atomic E-state index is 13.6. The smallest absolute Gasteiger partial charge is 0.271 e. The zero-order valence-corrected chi connectivity index (χ0v) is 22.6. The molecule has 4 aromatic carbocycles. The Kier molecular flexibility index (Phi) is 7.62. The van der Waals surface area contributed by atoms with Crippen LogP contribution in [0.4, 0.5) is 5.13 Å². The van der Waals surface area contributed by atoms with Gasteiger partial charge in [0, 0.05) is 10.9 Å². The quantitative estimate of drug-likeness (QED) is 0.231. The summed E-state index contributed by atoms with van der Waals surface area (Å²) in [6.07, 6.45) is -1.11. The molecular formula is C29H26N2O6S2. The predicted molar refractivity (Wildman–Crippen MR) is 152 cm³/mol. The molecule has 1 atom stereocenters. The van der Waals surface area contributed by atoms with E-state index in [0.29, 0.717) is 33.1 Å². The molecule has 5 rings (SSSR count). The highest BCUT2D eigenvalue weighted by molar-refractivity contribution is 7.91. The van der Waals surface area contributed by atoms with E-state index in [1.807, 2.05) is 36.4 Å². The van der Waals surface area contributed by atoms with Crippen molar-refractivity contribution in [3.8, 4) is 5.75 Å². The number of hydrogen-bond donors (Lipinski definition) is 3. The minimum Gasteiger partial charge on any atom is -0.475 e. The first-order valence-electron chi connectivity index (χ1n) is 12.2. The number of amides is 1. The Hall–Kier alpha value is -3.83. The number of carbonyl (C=O) groups is 1. The van der Waals surface area contributed by atoms with Crippen LogP contribution >= 0.6 is 11.3 Å². The molecule has 0 saturated heterocycles. The van der Waals surface area contributed by atoms with Gasteiger partial charge in [0.2, 0.25) is 6.10 Å². The Balaban J connectivity index is 1.51. The number of rotatable bonds is 9. The lowest BCUT2D eigenvalue weighted by atomic mass is 10.1. The standard InChI is InChI=1S/C29H26N2O6S2/c1-2-39(35,36)22-12-10-19(11-13-22)27(37-25-9-5-7-18-6-3-4-8-23(18)25)28(34)31-29-30-24-14-20(16-32)21(17-33)15-26(24)38-29/h3-15,27,32-33H,2,16-17H2,1H3,(H,30,31,34). The van der Waals surface area contributed by atoms with Crippen LogP contribution in [0.15, 0.2) is 83.8 Å². The number of aromatic nitrogens is 1. The number of benzene rings is 4. The fourth-order valence-electron chi connectivity index (χ4n) is 4.29. The fourth-order valence-corrected chi connectivity index (χ4v) is 6.09. The van der Waals surface area contributed by atoms with E-state index >= 15 is 0 Å². The summed E-state index contributed by atoms with van der Waals surface area (Å²) in [5.74, 6) is -0.0167. The number of anilines is 1. The van der Waals surface area contributed by atoms with Crippen molar-refractivity contribution in [3.05, 3.63) is 95.6 Å². The third kappa shape index (κ3) is 5.50. The van der Waals surface area contributed by atoms with Crippen LogP contribution < -0.4 is 10.1 Å². The average molecular weight is 563 g/mol. The molecule has 1 heterocycles. The van der Waals surface area contributed by atoms with Gasteiger partial charge in [-0.05, 0) is 46.8 Å². The van der Waals surface area contributed by atoms with E-state index in [-0.39, 0.29) is 23.9 Å². The largest absolute Gasteiger partial charge is 0.475 e. The van der Waals surface area contributed by atoms with E-state index in [0.717, 1.165) is 15.5 Å². The summed E-state index contributed by atoms with van der Waals surface area (Å²) < 4.78 is 31.7. The monoisotopic (exact) mass is 562 g/mol. The van der Waals surface area contributed by atoms with Crippen molar-refractivity contribution < 1.29 is 28.2 Å². The third-order valence-electron chi connectivity index (χ3n) is 6.44. The molecule has 1 unspecified atom stereocenters. The van der Waals surface area contributed by atoms with Gasteiger partial charge in [-0.15, -0.1) is 0 Å². The normalized spacial score (nSPS) is 12.5. The molecular weight excluding hydrogens is 536 g/mol. The molecule has 0 aliphatic rings. The lowest BCUT2D eigenvalue weighted by Gasteiger charge is -2.20. The molecule has 39 heavy (non-hydrogen) atoms. The molecule has 0 aliphatic heterocycles. The SMILES string of the molecule is CCS(=O)(=O)c1ccc(C(Oc2cccc3ccccc23)C(=O)Nc2nc3cc(CO)c(CO)cc3s2)cc1. The molecule has 0 spiro atoms. The van der Waals surface area contributed by atoms with E-state index in [1.165, 1.54) is 23.5 Å². The Morgan fingerprint density at radius 3 is 2.38 bits per heavy atom. The Bertz CT molecular complexity index is 1720. The Morgan fingerprint density at radius 1 is 0.974 bits per heavy atom. The molecule has 0 bridgehead atoms. The first-order valence-corrected chi connectivity index (χ1v) is 14.7. The van der Waals surface area contributed by atoms with Gasteiger partial charge < -0.3 is 14.9 Å². The van der Waals surface area contributed by atoms with Gasteiger partial charge >= 0.3 is 0 Å². The fraction of sp³-hybridized carbons (Fsp3) is 0.172. The van der Waals surface area contributed by atoms with Crippen molar-refractivity contribution in [2.75, 3.05) is 11.1 Å². The van der Waals surface area contributed by atoms with Crippen molar-refractivity contribution >= 4 is 53.2 Å². The highest BCUT2D eigenvalue weighted by Gasteiger charge is 2.26. The van der Waals surface area contributed by atoms with E-state index in [4.69, 9.17) is 4.74 Å². The van der Waals surface area contributed by atoms with Gasteiger partial charge in [0.15, 0.2) is 15.0 Å². The molecule has 8 nitrogen and oxygen atoms in total. The van der Waals surface area contributed by atoms with E-state index in [1.54, 1.807) is 37.3 Å². The van der Waals surface area contributed by atoms with Crippen LogP contribution in [-0.4, -0.2) is 35.3 Å². The van der Waals surface area contributed by atoms with Crippen molar-refractivity contribution in [2.24, 2.45) is 0 Å². The number of nitrogens with one attached hydrogen (secondary N) is 1. The number of ether oxygens (including phenoxy) is 1. The summed E-state index contributed by atoms with van der Waals surface area (Å²) in [7, 11) is -3.41. The van der Waals surface area contributed by atoms with Crippen LogP contribution in [0.25, 0.3) is 21.0 Å². The lowest BCUT2D eigenvalue weighted by molar-refractivity contribution is -0.123. The molecule has 200 valence electrons. The van der Waals surface area contributed by atoms with Crippen LogP contribution in [0.1, 0.15) is 29.7 Å². The number of aliphatic hydroxyl groups is 2. The number of thiazole rings is 1. The molecule has 10 heteroatoms. The van der Waals surface area contributed by atoms with Crippen molar-refractivity contribution in [1.82, 2.24) is 4.98 Å². The number of aliphatic hydroxyl groups excluding tert-OH is 2. The second-order valence-electron chi connectivity index (χ2n) is 8.86. The van der Waals surface area contributed by atoms with Gasteiger partial charge in [0.25, 0.3) is 5.91 Å². The lowest BCUT2D eigenvalue weighted by Crippen LogP contribution is -2.25. The van der Waals surface area contributed by atoms with Gasteiger partial charge in [-0.25, -0.2) is 13.4 Å².